The molecule has 5 nitrogen and oxygen atoms in total. The second kappa shape index (κ2) is 7.24. The average Bonchev–Trinajstić information content (AvgIpc) is 2.48. The number of nitrogens with two attached hydrogens (primary N) is 1. The fraction of sp³-hybridized carbons (Fsp3) is 0.562. The third-order valence-electron chi connectivity index (χ3n) is 4.33. The van der Waals surface area contributed by atoms with Gasteiger partial charge in [-0.15, -0.1) is 0 Å². The van der Waals surface area contributed by atoms with Crippen LogP contribution in [0.2, 0.25) is 0 Å². The zero-order chi connectivity index (χ0) is 16.2. The van der Waals surface area contributed by atoms with Crippen molar-refractivity contribution in [1.82, 2.24) is 4.90 Å². The number of likely N-dealkylation sites (tertiary alicyclic amines) is 1. The van der Waals surface area contributed by atoms with Crippen molar-refractivity contribution in [3.63, 3.8) is 0 Å². The summed E-state index contributed by atoms with van der Waals surface area (Å²) in [4.78, 5) is 13.8. The van der Waals surface area contributed by atoms with E-state index in [0.717, 1.165) is 18.7 Å². The number of piperidine rings is 1. The van der Waals surface area contributed by atoms with Crippen LogP contribution in [0.5, 0.6) is 0 Å². The van der Waals surface area contributed by atoms with Crippen LogP contribution in [0.1, 0.15) is 18.4 Å². The number of rotatable bonds is 6. The average molecular weight is 324 g/mol. The molecule has 22 heavy (non-hydrogen) atoms. The number of sulfone groups is 1. The maximum absolute atomic E-state index is 12.6. The van der Waals surface area contributed by atoms with E-state index in [0.29, 0.717) is 19.3 Å². The van der Waals surface area contributed by atoms with Crippen LogP contribution in [0.3, 0.4) is 0 Å². The molecule has 2 N–H and O–H groups in total. The van der Waals surface area contributed by atoms with E-state index < -0.39 is 21.7 Å². The fourth-order valence-electron chi connectivity index (χ4n) is 2.90. The lowest BCUT2D eigenvalue weighted by molar-refractivity contribution is -0.121. The molecule has 0 unspecified atom stereocenters. The summed E-state index contributed by atoms with van der Waals surface area (Å²) in [7, 11) is -1.31. The molecule has 0 saturated carbocycles. The van der Waals surface area contributed by atoms with Gasteiger partial charge in [0.25, 0.3) is 0 Å². The summed E-state index contributed by atoms with van der Waals surface area (Å²) in [6, 6.07) is 9.41. The van der Waals surface area contributed by atoms with Crippen LogP contribution in [-0.2, 0) is 21.1 Å². The quantitative estimate of drug-likeness (QED) is 0.841. The lowest BCUT2D eigenvalue weighted by Crippen LogP contribution is -2.41. The molecule has 0 spiro atoms. The molecule has 1 aliphatic heterocycles. The van der Waals surface area contributed by atoms with E-state index in [2.05, 4.69) is 4.90 Å². The van der Waals surface area contributed by atoms with Crippen molar-refractivity contribution >= 4 is 15.7 Å². The van der Waals surface area contributed by atoms with Gasteiger partial charge in [-0.2, -0.15) is 0 Å². The largest absolute Gasteiger partial charge is 0.369 e. The fourth-order valence-corrected chi connectivity index (χ4v) is 4.94. The normalized spacial score (nSPS) is 19.0. The van der Waals surface area contributed by atoms with Gasteiger partial charge in [0.1, 0.15) is 0 Å². The molecule has 0 bridgehead atoms. The molecule has 0 aliphatic carbocycles. The first-order valence-corrected chi connectivity index (χ1v) is 9.33. The Balaban J connectivity index is 2.05. The molecule has 1 heterocycles. The number of carbonyl (C=O) groups excluding carboxylic acids is 1. The van der Waals surface area contributed by atoms with Crippen LogP contribution in [-0.4, -0.2) is 50.4 Å². The maximum Gasteiger partial charge on any atom is 0.221 e. The number of amides is 1. The standard InChI is InChI=1S/C16H24N2O3S/c1-18-9-7-15(8-10-18)22(20,21)12-14(16(17)19)11-13-5-3-2-4-6-13/h2-6,14-15H,7-12H2,1H3,(H2,17,19)/t14-/m1/s1. The van der Waals surface area contributed by atoms with Crippen LogP contribution >= 0.6 is 0 Å². The first-order chi connectivity index (χ1) is 10.4. The van der Waals surface area contributed by atoms with E-state index in [-0.39, 0.29) is 11.0 Å². The molecular weight excluding hydrogens is 300 g/mol. The van der Waals surface area contributed by atoms with Crippen LogP contribution < -0.4 is 5.73 Å². The second-order valence-electron chi connectivity index (χ2n) is 6.12. The van der Waals surface area contributed by atoms with Gasteiger partial charge in [0.15, 0.2) is 9.84 Å². The predicted octanol–water partition coefficient (Wildman–Crippen LogP) is 0.840. The minimum atomic E-state index is -3.30. The van der Waals surface area contributed by atoms with Crippen molar-refractivity contribution in [2.45, 2.75) is 24.5 Å². The van der Waals surface area contributed by atoms with Crippen molar-refractivity contribution in [2.75, 3.05) is 25.9 Å². The second-order valence-corrected chi connectivity index (χ2v) is 8.45. The third-order valence-corrected chi connectivity index (χ3v) is 6.69. The molecule has 0 aromatic heterocycles. The van der Waals surface area contributed by atoms with E-state index in [1.54, 1.807) is 0 Å². The third kappa shape index (κ3) is 4.55. The Bertz CT molecular complexity index is 593. The number of carbonyl (C=O) groups is 1. The summed E-state index contributed by atoms with van der Waals surface area (Å²) < 4.78 is 25.1. The molecule has 6 heteroatoms. The summed E-state index contributed by atoms with van der Waals surface area (Å²) in [5, 5.41) is -0.346. The van der Waals surface area contributed by atoms with E-state index in [4.69, 9.17) is 5.73 Å². The minimum Gasteiger partial charge on any atom is -0.369 e. The van der Waals surface area contributed by atoms with Gasteiger partial charge in [-0.3, -0.25) is 4.79 Å². The van der Waals surface area contributed by atoms with Crippen LogP contribution in [0.25, 0.3) is 0 Å². The van der Waals surface area contributed by atoms with Gasteiger partial charge in [-0.1, -0.05) is 30.3 Å². The first kappa shape index (κ1) is 17.0. The lowest BCUT2D eigenvalue weighted by Gasteiger charge is -2.29. The van der Waals surface area contributed by atoms with E-state index >= 15 is 0 Å². The maximum atomic E-state index is 12.6. The SMILES string of the molecule is CN1CCC(S(=O)(=O)C[C@@H](Cc2ccccc2)C(N)=O)CC1. The number of nitrogens with zero attached hydrogens (tertiary/aromatic N) is 1. The molecule has 122 valence electrons. The summed E-state index contributed by atoms with van der Waals surface area (Å²) in [5.74, 6) is -1.35. The molecule has 2 rings (SSSR count). The molecule has 1 aliphatic rings. The summed E-state index contributed by atoms with van der Waals surface area (Å²) >= 11 is 0. The van der Waals surface area contributed by atoms with Gasteiger partial charge in [0.05, 0.1) is 16.9 Å². The smallest absolute Gasteiger partial charge is 0.221 e. The molecule has 1 amide bonds. The Hall–Kier alpha value is -1.40. The van der Waals surface area contributed by atoms with E-state index in [1.807, 2.05) is 37.4 Å². The van der Waals surface area contributed by atoms with Gasteiger partial charge in [0.2, 0.25) is 5.91 Å². The van der Waals surface area contributed by atoms with Crippen molar-refractivity contribution < 1.29 is 13.2 Å². The highest BCUT2D eigenvalue weighted by Gasteiger charge is 2.32. The Kier molecular flexibility index (Phi) is 5.58. The van der Waals surface area contributed by atoms with Crippen LogP contribution in [0.15, 0.2) is 30.3 Å². The Morgan fingerprint density at radius 3 is 2.41 bits per heavy atom. The summed E-state index contributed by atoms with van der Waals surface area (Å²) in [5.41, 5.74) is 6.37. The number of hydrogen-bond donors (Lipinski definition) is 1. The topological polar surface area (TPSA) is 80.5 Å². The van der Waals surface area contributed by atoms with Crippen molar-refractivity contribution in [2.24, 2.45) is 11.7 Å². The monoisotopic (exact) mass is 324 g/mol. The first-order valence-electron chi connectivity index (χ1n) is 7.62. The van der Waals surface area contributed by atoms with Gasteiger partial charge in [-0.25, -0.2) is 8.42 Å². The summed E-state index contributed by atoms with van der Waals surface area (Å²) in [6.45, 7) is 1.56. The zero-order valence-electron chi connectivity index (χ0n) is 12.9. The number of benzene rings is 1. The van der Waals surface area contributed by atoms with Gasteiger partial charge >= 0.3 is 0 Å². The highest BCUT2D eigenvalue weighted by Crippen LogP contribution is 2.21. The molecule has 0 radical (unpaired) electrons. The van der Waals surface area contributed by atoms with E-state index in [9.17, 15) is 13.2 Å². The Morgan fingerprint density at radius 1 is 1.27 bits per heavy atom. The number of primary amides is 1. The minimum absolute atomic E-state index is 0.147. The molecule has 1 saturated heterocycles. The van der Waals surface area contributed by atoms with E-state index in [1.165, 1.54) is 0 Å². The highest BCUT2D eigenvalue weighted by molar-refractivity contribution is 7.92. The molecule has 1 aromatic rings. The number of hydrogen-bond acceptors (Lipinski definition) is 4. The van der Waals surface area contributed by atoms with Crippen LogP contribution in [0.4, 0.5) is 0 Å². The van der Waals surface area contributed by atoms with Crippen LogP contribution in [0, 0.1) is 5.92 Å². The molecule has 1 aromatic carbocycles. The highest BCUT2D eigenvalue weighted by atomic mass is 32.2. The van der Waals surface area contributed by atoms with Crippen molar-refractivity contribution in [1.29, 1.82) is 0 Å². The van der Waals surface area contributed by atoms with Gasteiger partial charge in [-0.05, 0) is 45.0 Å². The zero-order valence-corrected chi connectivity index (χ0v) is 13.8. The predicted molar refractivity (Wildman–Crippen MR) is 87.1 cm³/mol. The van der Waals surface area contributed by atoms with Gasteiger partial charge in [0, 0.05) is 0 Å². The molecule has 1 fully saturated rings. The Morgan fingerprint density at radius 2 is 1.86 bits per heavy atom. The van der Waals surface area contributed by atoms with Crippen molar-refractivity contribution in [3.8, 4) is 0 Å². The molecular formula is C16H24N2O3S. The molecule has 1 atom stereocenters. The van der Waals surface area contributed by atoms with Gasteiger partial charge < -0.3 is 10.6 Å². The lowest BCUT2D eigenvalue weighted by atomic mass is 10.0. The summed E-state index contributed by atoms with van der Waals surface area (Å²) in [6.07, 6.45) is 1.65. The Labute approximate surface area is 132 Å². The van der Waals surface area contributed by atoms with Crippen molar-refractivity contribution in [3.05, 3.63) is 35.9 Å².